The molecule has 1 heterocycles. The zero-order valence-corrected chi connectivity index (χ0v) is 9.25. The van der Waals surface area contributed by atoms with E-state index in [1.807, 2.05) is 0 Å². The molecule has 13 heavy (non-hydrogen) atoms. The van der Waals surface area contributed by atoms with Gasteiger partial charge in [0.15, 0.2) is 0 Å². The second kappa shape index (κ2) is 5.61. The van der Waals surface area contributed by atoms with Crippen molar-refractivity contribution in [1.82, 2.24) is 4.90 Å². The second-order valence-electron chi connectivity index (χ2n) is 4.38. The number of hydrogen-bond donors (Lipinski definition) is 0. The molecule has 0 spiro atoms. The Morgan fingerprint density at radius 2 is 2.08 bits per heavy atom. The van der Waals surface area contributed by atoms with Gasteiger partial charge in [-0.05, 0) is 25.3 Å². The van der Waals surface area contributed by atoms with Crippen molar-refractivity contribution in [3.05, 3.63) is 0 Å². The van der Waals surface area contributed by atoms with Crippen LogP contribution in [-0.2, 0) is 4.74 Å². The maximum atomic E-state index is 5.72. The lowest BCUT2D eigenvalue weighted by Gasteiger charge is -2.38. The molecule has 1 rings (SSSR count). The van der Waals surface area contributed by atoms with Crippen molar-refractivity contribution < 1.29 is 4.74 Å². The molecule has 0 amide bonds. The molecule has 78 valence electrons. The number of ether oxygens (including phenoxy) is 1. The van der Waals surface area contributed by atoms with Gasteiger partial charge in [0.1, 0.15) is 0 Å². The average Bonchev–Trinajstić information content (AvgIpc) is 2.00. The van der Waals surface area contributed by atoms with Crippen LogP contribution in [0.5, 0.6) is 0 Å². The third-order valence-corrected chi connectivity index (χ3v) is 2.65. The van der Waals surface area contributed by atoms with Crippen molar-refractivity contribution in [2.24, 2.45) is 5.92 Å². The fraction of sp³-hybridized carbons (Fsp3) is 1.00. The summed E-state index contributed by atoms with van der Waals surface area (Å²) < 4.78 is 5.72. The van der Waals surface area contributed by atoms with Crippen LogP contribution in [0.3, 0.4) is 0 Å². The number of hydrogen-bond acceptors (Lipinski definition) is 2. The van der Waals surface area contributed by atoms with E-state index in [-0.39, 0.29) is 0 Å². The molecule has 0 atom stereocenters. The molecular formula is C11H23NO. The zero-order valence-electron chi connectivity index (χ0n) is 9.25. The molecule has 1 saturated heterocycles. The van der Waals surface area contributed by atoms with Gasteiger partial charge in [-0.25, -0.2) is 0 Å². The highest BCUT2D eigenvalue weighted by molar-refractivity contribution is 4.79. The summed E-state index contributed by atoms with van der Waals surface area (Å²) in [6.07, 6.45) is 3.05. The van der Waals surface area contributed by atoms with E-state index in [0.717, 1.165) is 25.6 Å². The summed E-state index contributed by atoms with van der Waals surface area (Å²) in [5.41, 5.74) is 0. The minimum Gasteiger partial charge on any atom is -0.376 e. The van der Waals surface area contributed by atoms with Gasteiger partial charge in [0.25, 0.3) is 0 Å². The van der Waals surface area contributed by atoms with E-state index in [4.69, 9.17) is 4.74 Å². The van der Waals surface area contributed by atoms with Crippen LogP contribution in [0.1, 0.15) is 33.6 Å². The van der Waals surface area contributed by atoms with Gasteiger partial charge in [0.05, 0.1) is 6.10 Å². The molecule has 2 nitrogen and oxygen atoms in total. The number of likely N-dealkylation sites (tertiary alicyclic amines) is 1. The lowest BCUT2D eigenvalue weighted by atomic mass is 10.1. The maximum Gasteiger partial charge on any atom is 0.0828 e. The van der Waals surface area contributed by atoms with Gasteiger partial charge in [-0.3, -0.25) is 4.90 Å². The molecular weight excluding hydrogens is 162 g/mol. The molecule has 1 aliphatic heterocycles. The molecule has 0 aliphatic carbocycles. The molecule has 2 heteroatoms. The van der Waals surface area contributed by atoms with Gasteiger partial charge in [-0.1, -0.05) is 20.8 Å². The molecule has 0 aromatic carbocycles. The van der Waals surface area contributed by atoms with E-state index in [0.29, 0.717) is 6.10 Å². The van der Waals surface area contributed by atoms with Crippen molar-refractivity contribution in [1.29, 1.82) is 0 Å². The van der Waals surface area contributed by atoms with Crippen LogP contribution in [0.15, 0.2) is 0 Å². The first-order chi connectivity index (χ1) is 6.22. The Morgan fingerprint density at radius 1 is 1.38 bits per heavy atom. The summed E-state index contributed by atoms with van der Waals surface area (Å²) in [5.74, 6) is 0.817. The van der Waals surface area contributed by atoms with Crippen LogP contribution in [0.4, 0.5) is 0 Å². The van der Waals surface area contributed by atoms with Gasteiger partial charge in [-0.2, -0.15) is 0 Å². The van der Waals surface area contributed by atoms with Crippen LogP contribution < -0.4 is 0 Å². The molecule has 0 aromatic rings. The maximum absolute atomic E-state index is 5.72. The minimum absolute atomic E-state index is 0.534. The summed E-state index contributed by atoms with van der Waals surface area (Å²) in [5, 5.41) is 0. The van der Waals surface area contributed by atoms with Gasteiger partial charge < -0.3 is 4.74 Å². The van der Waals surface area contributed by atoms with Gasteiger partial charge >= 0.3 is 0 Å². The van der Waals surface area contributed by atoms with Crippen molar-refractivity contribution in [3.63, 3.8) is 0 Å². The third kappa shape index (κ3) is 4.10. The van der Waals surface area contributed by atoms with Crippen LogP contribution in [0, 0.1) is 5.92 Å². The molecule has 0 aromatic heterocycles. The van der Waals surface area contributed by atoms with Crippen LogP contribution >= 0.6 is 0 Å². The molecule has 1 aliphatic rings. The summed E-state index contributed by atoms with van der Waals surface area (Å²) in [4.78, 5) is 2.41. The highest BCUT2D eigenvalue weighted by Gasteiger charge is 2.25. The fourth-order valence-electron chi connectivity index (χ4n) is 1.63. The lowest BCUT2D eigenvalue weighted by molar-refractivity contribution is -0.0534. The SMILES string of the molecule is CCN1CC(OCCCC(C)C)C1. The number of nitrogens with zero attached hydrogens (tertiary/aromatic N) is 1. The number of rotatable bonds is 6. The average molecular weight is 185 g/mol. The Hall–Kier alpha value is -0.0800. The first-order valence-corrected chi connectivity index (χ1v) is 5.56. The Balaban J connectivity index is 1.85. The smallest absolute Gasteiger partial charge is 0.0828 e. The molecule has 0 saturated carbocycles. The minimum atomic E-state index is 0.534. The third-order valence-electron chi connectivity index (χ3n) is 2.65. The van der Waals surface area contributed by atoms with E-state index in [1.165, 1.54) is 19.4 Å². The molecule has 0 radical (unpaired) electrons. The van der Waals surface area contributed by atoms with Gasteiger partial charge in [0, 0.05) is 19.7 Å². The van der Waals surface area contributed by atoms with E-state index in [9.17, 15) is 0 Å². The fourth-order valence-corrected chi connectivity index (χ4v) is 1.63. The Morgan fingerprint density at radius 3 is 2.62 bits per heavy atom. The Labute approximate surface area is 82.3 Å². The summed E-state index contributed by atoms with van der Waals surface area (Å²) in [6, 6.07) is 0. The van der Waals surface area contributed by atoms with Crippen molar-refractivity contribution in [2.45, 2.75) is 39.7 Å². The van der Waals surface area contributed by atoms with E-state index in [1.54, 1.807) is 0 Å². The standard InChI is InChI=1S/C11H23NO/c1-4-12-8-11(9-12)13-7-5-6-10(2)3/h10-11H,4-9H2,1-3H3. The quantitative estimate of drug-likeness (QED) is 0.588. The van der Waals surface area contributed by atoms with Crippen LogP contribution in [0.2, 0.25) is 0 Å². The van der Waals surface area contributed by atoms with Crippen molar-refractivity contribution in [2.75, 3.05) is 26.2 Å². The normalized spacial score (nSPS) is 19.4. The monoisotopic (exact) mass is 185 g/mol. The summed E-state index contributed by atoms with van der Waals surface area (Å²) in [7, 11) is 0. The Bertz CT molecular complexity index is 130. The van der Waals surface area contributed by atoms with E-state index in [2.05, 4.69) is 25.7 Å². The van der Waals surface area contributed by atoms with E-state index < -0.39 is 0 Å². The molecule has 0 bridgehead atoms. The number of likely N-dealkylation sites (N-methyl/N-ethyl adjacent to an activating group) is 1. The first kappa shape index (κ1) is 11.0. The predicted molar refractivity (Wildman–Crippen MR) is 55.9 cm³/mol. The summed E-state index contributed by atoms with van der Waals surface area (Å²) in [6.45, 7) is 11.2. The lowest BCUT2D eigenvalue weighted by Crippen LogP contribution is -2.51. The predicted octanol–water partition coefficient (Wildman–Crippen LogP) is 2.14. The van der Waals surface area contributed by atoms with Crippen molar-refractivity contribution in [3.8, 4) is 0 Å². The molecule has 0 N–H and O–H groups in total. The van der Waals surface area contributed by atoms with Crippen molar-refractivity contribution >= 4 is 0 Å². The highest BCUT2D eigenvalue weighted by Crippen LogP contribution is 2.12. The highest BCUT2D eigenvalue weighted by atomic mass is 16.5. The van der Waals surface area contributed by atoms with Crippen LogP contribution in [-0.4, -0.2) is 37.2 Å². The first-order valence-electron chi connectivity index (χ1n) is 5.56. The topological polar surface area (TPSA) is 12.5 Å². The largest absolute Gasteiger partial charge is 0.376 e. The van der Waals surface area contributed by atoms with Gasteiger partial charge in [0.2, 0.25) is 0 Å². The van der Waals surface area contributed by atoms with Crippen LogP contribution in [0.25, 0.3) is 0 Å². The van der Waals surface area contributed by atoms with E-state index >= 15 is 0 Å². The summed E-state index contributed by atoms with van der Waals surface area (Å²) >= 11 is 0. The molecule has 1 fully saturated rings. The second-order valence-corrected chi connectivity index (χ2v) is 4.38. The zero-order chi connectivity index (χ0) is 9.68. The van der Waals surface area contributed by atoms with Gasteiger partial charge in [-0.15, -0.1) is 0 Å². The Kier molecular flexibility index (Phi) is 4.74. The molecule has 0 unspecified atom stereocenters.